The number of rotatable bonds is 5. The molecule has 1 aromatic heterocycles. The van der Waals surface area contributed by atoms with E-state index in [0.29, 0.717) is 30.0 Å². The third kappa shape index (κ3) is 3.40. The molecule has 3 heterocycles. The Morgan fingerprint density at radius 1 is 1.36 bits per heavy atom. The molecule has 1 fully saturated rings. The Hall–Kier alpha value is -2.72. The maximum atomic E-state index is 12.8. The summed E-state index contributed by atoms with van der Waals surface area (Å²) in [4.78, 5) is 53.8. The Morgan fingerprint density at radius 3 is 2.89 bits per heavy atom. The molecule has 1 aromatic carbocycles. The molecule has 4 rings (SSSR count). The largest absolute Gasteiger partial charge is 0.476 e. The van der Waals surface area contributed by atoms with Crippen molar-refractivity contribution in [2.75, 3.05) is 0 Å². The van der Waals surface area contributed by atoms with E-state index in [1.807, 2.05) is 6.07 Å². The molecule has 10 heteroatoms. The second-order valence-electron chi connectivity index (χ2n) is 6.42. The number of thiazole rings is 1. The SMILES string of the molecule is O=C1CCC(N2Cc3c(SCc4csc(C(=O)O)n4)cccc3C2=O)C(=O)N1. The molecule has 0 aliphatic carbocycles. The first kappa shape index (κ1) is 18.6. The number of aromatic nitrogens is 1. The fraction of sp³-hybridized carbons (Fsp3) is 0.278. The minimum absolute atomic E-state index is 0.0492. The van der Waals surface area contributed by atoms with Gasteiger partial charge in [-0.05, 0) is 24.1 Å². The molecule has 3 amide bonds. The first-order valence-corrected chi connectivity index (χ1v) is 10.4. The highest BCUT2D eigenvalue weighted by atomic mass is 32.2. The molecular formula is C18H15N3O5S2. The van der Waals surface area contributed by atoms with E-state index in [4.69, 9.17) is 5.11 Å². The predicted molar refractivity (Wildman–Crippen MR) is 101 cm³/mol. The second-order valence-corrected chi connectivity index (χ2v) is 8.30. The minimum Gasteiger partial charge on any atom is -0.476 e. The van der Waals surface area contributed by atoms with Gasteiger partial charge >= 0.3 is 5.97 Å². The molecule has 2 N–H and O–H groups in total. The van der Waals surface area contributed by atoms with Crippen molar-refractivity contribution in [3.63, 3.8) is 0 Å². The Kier molecular flexibility index (Phi) is 4.90. The van der Waals surface area contributed by atoms with Gasteiger partial charge in [-0.15, -0.1) is 23.1 Å². The maximum absolute atomic E-state index is 12.8. The van der Waals surface area contributed by atoms with Crippen LogP contribution in [0.25, 0.3) is 0 Å². The average molecular weight is 417 g/mol. The fourth-order valence-electron chi connectivity index (χ4n) is 3.32. The first-order chi connectivity index (χ1) is 13.4. The molecule has 1 saturated heterocycles. The number of piperidine rings is 1. The van der Waals surface area contributed by atoms with Crippen molar-refractivity contribution in [1.82, 2.24) is 15.2 Å². The van der Waals surface area contributed by atoms with Crippen LogP contribution < -0.4 is 5.32 Å². The summed E-state index contributed by atoms with van der Waals surface area (Å²) >= 11 is 2.55. The number of benzene rings is 1. The zero-order valence-electron chi connectivity index (χ0n) is 14.5. The van der Waals surface area contributed by atoms with Crippen molar-refractivity contribution >= 4 is 46.8 Å². The summed E-state index contributed by atoms with van der Waals surface area (Å²) in [7, 11) is 0. The number of imide groups is 1. The van der Waals surface area contributed by atoms with Crippen LogP contribution in [0.2, 0.25) is 0 Å². The van der Waals surface area contributed by atoms with Gasteiger partial charge in [0.15, 0.2) is 0 Å². The summed E-state index contributed by atoms with van der Waals surface area (Å²) in [5.41, 5.74) is 2.06. The number of carbonyl (C=O) groups excluding carboxylic acids is 3. The molecular weight excluding hydrogens is 402 g/mol. The number of amides is 3. The third-order valence-corrected chi connectivity index (χ3v) is 6.66. The first-order valence-electron chi connectivity index (χ1n) is 8.51. The molecule has 0 saturated carbocycles. The van der Waals surface area contributed by atoms with Crippen molar-refractivity contribution in [1.29, 1.82) is 0 Å². The Balaban J connectivity index is 1.51. The van der Waals surface area contributed by atoms with E-state index in [9.17, 15) is 19.2 Å². The molecule has 2 aliphatic heterocycles. The van der Waals surface area contributed by atoms with E-state index in [1.165, 1.54) is 16.7 Å². The van der Waals surface area contributed by atoms with Crippen LogP contribution in [0.5, 0.6) is 0 Å². The van der Waals surface area contributed by atoms with Gasteiger partial charge in [0.05, 0.1) is 5.69 Å². The van der Waals surface area contributed by atoms with Crippen molar-refractivity contribution < 1.29 is 24.3 Å². The average Bonchev–Trinajstić information content (AvgIpc) is 3.26. The lowest BCUT2D eigenvalue weighted by molar-refractivity contribution is -0.136. The van der Waals surface area contributed by atoms with Crippen molar-refractivity contribution in [3.05, 3.63) is 45.4 Å². The van der Waals surface area contributed by atoms with Crippen LogP contribution in [-0.4, -0.2) is 44.7 Å². The standard InChI is InChI=1S/C18H15N3O5S2/c22-14-5-4-12(15(23)20-14)21-6-11-10(17(21)24)2-1-3-13(11)27-7-9-8-28-16(19-9)18(25)26/h1-3,8,12H,4-7H2,(H,25,26)(H,20,22,23). The summed E-state index contributed by atoms with van der Waals surface area (Å²) < 4.78 is 0. The molecule has 2 aromatic rings. The number of carbonyl (C=O) groups is 4. The number of carboxylic acid groups (broad SMARTS) is 1. The van der Waals surface area contributed by atoms with Crippen LogP contribution in [0.1, 0.15) is 44.3 Å². The number of nitrogens with zero attached hydrogens (tertiary/aromatic N) is 2. The molecule has 144 valence electrons. The van der Waals surface area contributed by atoms with Crippen LogP contribution >= 0.6 is 23.1 Å². The van der Waals surface area contributed by atoms with E-state index in [2.05, 4.69) is 10.3 Å². The monoisotopic (exact) mass is 417 g/mol. The quantitative estimate of drug-likeness (QED) is 0.564. The lowest BCUT2D eigenvalue weighted by Crippen LogP contribution is -2.52. The van der Waals surface area contributed by atoms with Gasteiger partial charge < -0.3 is 10.0 Å². The van der Waals surface area contributed by atoms with Crippen LogP contribution in [0.4, 0.5) is 0 Å². The highest BCUT2D eigenvalue weighted by molar-refractivity contribution is 7.98. The Labute approximate surface area is 167 Å². The molecule has 0 spiro atoms. The topological polar surface area (TPSA) is 117 Å². The summed E-state index contributed by atoms with van der Waals surface area (Å²) in [5.74, 6) is -1.53. The highest BCUT2D eigenvalue weighted by Crippen LogP contribution is 2.35. The smallest absolute Gasteiger partial charge is 0.365 e. The zero-order valence-corrected chi connectivity index (χ0v) is 16.1. The van der Waals surface area contributed by atoms with Crippen LogP contribution in [0, 0.1) is 0 Å². The Morgan fingerprint density at radius 2 is 2.18 bits per heavy atom. The summed E-state index contributed by atoms with van der Waals surface area (Å²) in [6.45, 7) is 0.307. The van der Waals surface area contributed by atoms with Gasteiger partial charge in [0.25, 0.3) is 5.91 Å². The van der Waals surface area contributed by atoms with Crippen LogP contribution in [0.15, 0.2) is 28.5 Å². The molecule has 1 atom stereocenters. The number of nitrogens with one attached hydrogen (secondary N) is 1. The molecule has 0 radical (unpaired) electrons. The molecule has 8 nitrogen and oxygen atoms in total. The lowest BCUT2D eigenvalue weighted by atomic mass is 10.0. The highest BCUT2D eigenvalue weighted by Gasteiger charge is 2.39. The second kappa shape index (κ2) is 7.36. The summed E-state index contributed by atoms with van der Waals surface area (Å²) in [6, 6.07) is 4.78. The van der Waals surface area contributed by atoms with E-state index in [-0.39, 0.29) is 23.2 Å². The van der Waals surface area contributed by atoms with Crippen molar-refractivity contribution in [2.45, 2.75) is 36.1 Å². The van der Waals surface area contributed by atoms with Gasteiger partial charge in [-0.25, -0.2) is 9.78 Å². The van der Waals surface area contributed by atoms with Gasteiger partial charge in [-0.1, -0.05) is 6.07 Å². The summed E-state index contributed by atoms with van der Waals surface area (Å²) in [5, 5.41) is 13.0. The number of hydrogen-bond acceptors (Lipinski definition) is 7. The Bertz CT molecular complexity index is 1000. The predicted octanol–water partition coefficient (Wildman–Crippen LogP) is 1.89. The van der Waals surface area contributed by atoms with Gasteiger partial charge in [0.1, 0.15) is 6.04 Å². The number of thioether (sulfide) groups is 1. The van der Waals surface area contributed by atoms with Gasteiger partial charge in [0.2, 0.25) is 16.8 Å². The van der Waals surface area contributed by atoms with E-state index in [1.54, 1.807) is 17.5 Å². The minimum atomic E-state index is -1.05. The van der Waals surface area contributed by atoms with E-state index in [0.717, 1.165) is 21.8 Å². The number of fused-ring (bicyclic) bond motifs is 1. The fourth-order valence-corrected chi connectivity index (χ4v) is 5.05. The zero-order chi connectivity index (χ0) is 19.8. The van der Waals surface area contributed by atoms with Crippen molar-refractivity contribution in [3.8, 4) is 0 Å². The van der Waals surface area contributed by atoms with Gasteiger partial charge in [-0.2, -0.15) is 0 Å². The number of hydrogen-bond donors (Lipinski definition) is 2. The molecule has 2 aliphatic rings. The van der Waals surface area contributed by atoms with Crippen LogP contribution in [0.3, 0.4) is 0 Å². The number of carboxylic acids is 1. The lowest BCUT2D eigenvalue weighted by Gasteiger charge is -2.29. The van der Waals surface area contributed by atoms with Gasteiger partial charge in [0, 0.05) is 34.6 Å². The molecule has 0 bridgehead atoms. The summed E-state index contributed by atoms with van der Waals surface area (Å²) in [6.07, 6.45) is 0.539. The van der Waals surface area contributed by atoms with E-state index < -0.39 is 17.9 Å². The van der Waals surface area contributed by atoms with Crippen molar-refractivity contribution in [2.24, 2.45) is 0 Å². The number of aromatic carboxylic acids is 1. The normalized spacial score (nSPS) is 18.9. The van der Waals surface area contributed by atoms with Crippen LogP contribution in [-0.2, 0) is 21.9 Å². The maximum Gasteiger partial charge on any atom is 0.365 e. The van der Waals surface area contributed by atoms with E-state index >= 15 is 0 Å². The third-order valence-electron chi connectivity index (χ3n) is 4.65. The molecule has 1 unspecified atom stereocenters. The van der Waals surface area contributed by atoms with Gasteiger partial charge in [-0.3, -0.25) is 19.7 Å². The molecule has 28 heavy (non-hydrogen) atoms.